The highest BCUT2D eigenvalue weighted by Gasteiger charge is 2.38. The highest BCUT2D eigenvalue weighted by Crippen LogP contribution is 2.47. The van der Waals surface area contributed by atoms with Crippen molar-refractivity contribution in [3.05, 3.63) is 144 Å². The van der Waals surface area contributed by atoms with E-state index in [1.807, 2.05) is 151 Å². The summed E-state index contributed by atoms with van der Waals surface area (Å²) < 4.78 is 23.7. The number of ether oxygens (including phenoxy) is 4. The normalized spacial score (nSPS) is 15.9. The molecule has 312 valence electrons. The van der Waals surface area contributed by atoms with Gasteiger partial charge in [0.25, 0.3) is 0 Å². The first-order chi connectivity index (χ1) is 28.7. The molecule has 2 aliphatic heterocycles. The van der Waals surface area contributed by atoms with Crippen molar-refractivity contribution < 1.29 is 33.6 Å². The van der Waals surface area contributed by atoms with Gasteiger partial charge in [0.2, 0.25) is 0 Å². The molecule has 0 fully saturated rings. The lowest BCUT2D eigenvalue weighted by Crippen LogP contribution is -2.36. The van der Waals surface area contributed by atoms with Crippen LogP contribution in [-0.2, 0) is 22.7 Å². The van der Waals surface area contributed by atoms with Gasteiger partial charge in [0.15, 0.2) is 0 Å². The van der Waals surface area contributed by atoms with Crippen LogP contribution in [0.15, 0.2) is 121 Å². The number of nitrogens with zero attached hydrogens (tertiary/aromatic N) is 2. The predicted molar refractivity (Wildman–Crippen MR) is 240 cm³/mol. The maximum Gasteiger partial charge on any atom is 0.414 e. The molecule has 0 spiro atoms. The number of rotatable bonds is 8. The summed E-state index contributed by atoms with van der Waals surface area (Å²) in [7, 11) is 0. The fourth-order valence-electron chi connectivity index (χ4n) is 7.79. The van der Waals surface area contributed by atoms with Crippen molar-refractivity contribution in [1.82, 2.24) is 0 Å². The number of amides is 2. The number of halogens is 1. The molecule has 2 heterocycles. The van der Waals surface area contributed by atoms with E-state index >= 15 is 0 Å². The van der Waals surface area contributed by atoms with E-state index in [0.717, 1.165) is 60.9 Å². The first-order valence-corrected chi connectivity index (χ1v) is 20.9. The van der Waals surface area contributed by atoms with Crippen LogP contribution in [0.1, 0.15) is 75.6 Å². The summed E-state index contributed by atoms with van der Waals surface area (Å²) in [6.45, 7) is 12.9. The van der Waals surface area contributed by atoms with Crippen LogP contribution in [0.25, 0.3) is 21.5 Å². The number of aliphatic hydroxyl groups excluding tert-OH is 1. The van der Waals surface area contributed by atoms with Crippen molar-refractivity contribution in [2.24, 2.45) is 0 Å². The van der Waals surface area contributed by atoms with Gasteiger partial charge in [-0.3, -0.25) is 9.80 Å². The Morgan fingerprint density at radius 2 is 0.950 bits per heavy atom. The molecular weight excluding hydrogens is 776 g/mol. The lowest BCUT2D eigenvalue weighted by Gasteiger charge is -2.25. The molecule has 0 radical (unpaired) electrons. The van der Waals surface area contributed by atoms with E-state index in [-0.39, 0.29) is 24.5 Å². The Labute approximate surface area is 357 Å². The molecule has 2 atom stereocenters. The molecular formula is C50H53ClN2O7. The minimum absolute atomic E-state index is 0.0412. The van der Waals surface area contributed by atoms with Crippen molar-refractivity contribution in [3.8, 4) is 11.5 Å². The van der Waals surface area contributed by atoms with Gasteiger partial charge < -0.3 is 24.1 Å². The number of aliphatic hydroxyl groups is 1. The third-order valence-corrected chi connectivity index (χ3v) is 10.7. The minimum Gasteiger partial charge on any atom is -0.488 e. The molecule has 10 heteroatoms. The molecule has 0 aromatic heterocycles. The zero-order valence-corrected chi connectivity index (χ0v) is 35.9. The summed E-state index contributed by atoms with van der Waals surface area (Å²) >= 11 is 6.31. The van der Waals surface area contributed by atoms with E-state index in [2.05, 4.69) is 12.1 Å². The van der Waals surface area contributed by atoms with Gasteiger partial charge in [-0.05, 0) is 74.6 Å². The maximum absolute atomic E-state index is 12.9. The molecule has 0 aliphatic carbocycles. The summed E-state index contributed by atoms with van der Waals surface area (Å²) in [6, 6.07) is 40.0. The molecule has 6 aromatic carbocycles. The number of hydrogen-bond donors (Lipinski definition) is 1. The fourth-order valence-corrected chi connectivity index (χ4v) is 8.04. The summed E-state index contributed by atoms with van der Waals surface area (Å²) in [5, 5.41) is 14.1. The van der Waals surface area contributed by atoms with Gasteiger partial charge in [-0.2, -0.15) is 0 Å². The molecule has 0 saturated heterocycles. The molecule has 0 unspecified atom stereocenters. The van der Waals surface area contributed by atoms with E-state index < -0.39 is 17.3 Å². The SMILES string of the molecule is CC(C)(C)OC(=O)N1C[C@@H](CCl)c2c1cc(OCc1ccccc1)c1ccccc21.CC(C)(C)OC(=O)N1C[C@@H](CO)c2c1cc(OCc1ccccc1)c1ccccc21. The molecule has 2 amide bonds. The van der Waals surface area contributed by atoms with Gasteiger partial charge in [0.1, 0.15) is 35.9 Å². The van der Waals surface area contributed by atoms with E-state index in [4.69, 9.17) is 30.5 Å². The van der Waals surface area contributed by atoms with Crippen LogP contribution in [-0.4, -0.2) is 54.1 Å². The number of fused-ring (bicyclic) bond motifs is 6. The Morgan fingerprint density at radius 1 is 0.583 bits per heavy atom. The highest BCUT2D eigenvalue weighted by molar-refractivity contribution is 6.19. The van der Waals surface area contributed by atoms with Gasteiger partial charge >= 0.3 is 12.2 Å². The van der Waals surface area contributed by atoms with Gasteiger partial charge in [-0.15, -0.1) is 11.6 Å². The van der Waals surface area contributed by atoms with Crippen molar-refractivity contribution in [3.63, 3.8) is 0 Å². The second kappa shape index (κ2) is 17.8. The largest absolute Gasteiger partial charge is 0.488 e. The van der Waals surface area contributed by atoms with E-state index in [9.17, 15) is 14.7 Å². The van der Waals surface area contributed by atoms with Crippen LogP contribution in [0.4, 0.5) is 21.0 Å². The second-order valence-corrected chi connectivity index (χ2v) is 17.5. The third-order valence-electron chi connectivity index (χ3n) is 10.4. The molecule has 9 nitrogen and oxygen atoms in total. The molecule has 2 aliphatic rings. The van der Waals surface area contributed by atoms with E-state index in [0.29, 0.717) is 37.9 Å². The van der Waals surface area contributed by atoms with Gasteiger partial charge in [-0.25, -0.2) is 9.59 Å². The first-order valence-electron chi connectivity index (χ1n) is 20.4. The number of carbonyl (C=O) groups is 2. The topological polar surface area (TPSA) is 97.8 Å². The Hall–Kier alpha value is -5.77. The number of benzene rings is 6. The van der Waals surface area contributed by atoms with Crippen LogP contribution in [0.5, 0.6) is 11.5 Å². The standard InChI is InChI=1S/C25H26ClNO3.C25H27NO4/c1-25(2,3)30-24(28)27-15-18(14-26)23-20-12-8-7-11-19(20)22(13-21(23)27)29-16-17-9-5-4-6-10-17;1-25(2,3)30-24(28)26-14-18(15-27)23-20-12-8-7-11-19(20)22(13-21(23)26)29-16-17-9-5-4-6-10-17/h4-13,18H,14-16H2,1-3H3;4-13,18,27H,14-16H2,1-3H3/t2*18-/m10/s1. The van der Waals surface area contributed by atoms with Gasteiger partial charge in [-0.1, -0.05) is 109 Å². The zero-order valence-electron chi connectivity index (χ0n) is 35.1. The summed E-state index contributed by atoms with van der Waals surface area (Å²) in [4.78, 5) is 29.1. The number of anilines is 2. The van der Waals surface area contributed by atoms with E-state index in [1.165, 1.54) is 0 Å². The summed E-state index contributed by atoms with van der Waals surface area (Å²) in [6.07, 6.45) is -0.773. The molecule has 8 rings (SSSR count). The first kappa shape index (κ1) is 42.4. The lowest BCUT2D eigenvalue weighted by molar-refractivity contribution is 0.0570. The number of alkyl halides is 1. The minimum atomic E-state index is -0.599. The molecule has 1 N–H and O–H groups in total. The summed E-state index contributed by atoms with van der Waals surface area (Å²) in [5.41, 5.74) is 4.59. The predicted octanol–water partition coefficient (Wildman–Crippen LogP) is 11.7. The van der Waals surface area contributed by atoms with Crippen LogP contribution in [0.2, 0.25) is 0 Å². The van der Waals surface area contributed by atoms with Crippen LogP contribution in [0.3, 0.4) is 0 Å². The number of hydrogen-bond acceptors (Lipinski definition) is 7. The van der Waals surface area contributed by atoms with E-state index in [1.54, 1.807) is 9.80 Å². The lowest BCUT2D eigenvalue weighted by atomic mass is 9.95. The molecule has 6 aromatic rings. The smallest absolute Gasteiger partial charge is 0.414 e. The van der Waals surface area contributed by atoms with Crippen molar-refractivity contribution in [2.75, 3.05) is 35.4 Å². The van der Waals surface area contributed by atoms with Crippen molar-refractivity contribution in [1.29, 1.82) is 0 Å². The average molecular weight is 829 g/mol. The molecule has 0 bridgehead atoms. The van der Waals surface area contributed by atoms with Crippen molar-refractivity contribution >= 4 is 56.7 Å². The van der Waals surface area contributed by atoms with Crippen molar-refractivity contribution in [2.45, 2.75) is 77.8 Å². The monoisotopic (exact) mass is 828 g/mol. The Kier molecular flexibility index (Phi) is 12.6. The summed E-state index contributed by atoms with van der Waals surface area (Å²) in [5.74, 6) is 1.76. The van der Waals surface area contributed by atoms with Crippen LogP contribution < -0.4 is 19.3 Å². The number of carbonyl (C=O) groups excluding carboxylic acids is 2. The van der Waals surface area contributed by atoms with Gasteiger partial charge in [0, 0.05) is 53.7 Å². The maximum atomic E-state index is 12.9. The van der Waals surface area contributed by atoms with Gasteiger partial charge in [0.05, 0.1) is 18.0 Å². The average Bonchev–Trinajstić information content (AvgIpc) is 3.81. The Morgan fingerprint density at radius 3 is 1.33 bits per heavy atom. The van der Waals surface area contributed by atoms with Crippen LogP contribution in [0, 0.1) is 0 Å². The fraction of sp³-hybridized carbons (Fsp3) is 0.320. The second-order valence-electron chi connectivity index (χ2n) is 17.2. The third kappa shape index (κ3) is 9.48. The van der Waals surface area contributed by atoms with Crippen LogP contribution >= 0.6 is 11.6 Å². The Bertz CT molecular complexity index is 2290. The highest BCUT2D eigenvalue weighted by atomic mass is 35.5. The quantitative estimate of drug-likeness (QED) is 0.153. The molecule has 0 saturated carbocycles. The zero-order chi connectivity index (χ0) is 42.6. The Balaban J connectivity index is 0.000000181. The molecule has 60 heavy (non-hydrogen) atoms.